The number of aromatic hydroxyl groups is 4. The number of thioether (sulfide) groups is 4. The number of benzene rings is 3. The molecule has 0 fully saturated rings. The van der Waals surface area contributed by atoms with Crippen molar-refractivity contribution in [1.82, 2.24) is 46.7 Å². The molecule has 30 nitrogen and oxygen atoms in total. The molecule has 9 aromatic heterocycles. The van der Waals surface area contributed by atoms with E-state index < -0.39 is 15.4 Å². The molecule has 1 aliphatic heterocycles. The normalized spacial score (nSPS) is 12.6. The molecule has 12 aromatic rings. The monoisotopic (exact) mass is 1680 g/mol. The molecule has 3 aromatic carbocycles. The average molecular weight is 1680 g/mol. The van der Waals surface area contributed by atoms with Crippen LogP contribution in [0, 0.1) is 26.3 Å². The summed E-state index contributed by atoms with van der Waals surface area (Å²) >= 11 is 33.5. The van der Waals surface area contributed by atoms with E-state index in [4.69, 9.17) is 72.7 Å². The van der Waals surface area contributed by atoms with Gasteiger partial charge in [-0.25, -0.2) is 50.3 Å². The van der Waals surface area contributed by atoms with Crippen LogP contribution in [0.3, 0.4) is 0 Å². The number of phenolic OH excluding ortho intramolecular Hbond substituents is 3. The predicted octanol–water partition coefficient (Wildman–Crippen LogP) is 23.0. The van der Waals surface area contributed by atoms with Crippen molar-refractivity contribution in [1.29, 1.82) is 0 Å². The molecular formula is C64H47Cl4N23O7S9. The van der Waals surface area contributed by atoms with Crippen molar-refractivity contribution in [3.05, 3.63) is 145 Å². The number of carbonyl (C=O) groups is 1. The van der Waals surface area contributed by atoms with Gasteiger partial charge in [0, 0.05) is 76.8 Å². The Balaban J connectivity index is 0.000000153. The van der Waals surface area contributed by atoms with E-state index in [1.54, 1.807) is 50.8 Å². The number of fused-ring (bicyclic) bond motifs is 5. The smallest absolute Gasteiger partial charge is 0.246 e. The summed E-state index contributed by atoms with van der Waals surface area (Å²) < 4.78 is 44.0. The zero-order valence-electron chi connectivity index (χ0n) is 56.1. The van der Waals surface area contributed by atoms with Gasteiger partial charge in [-0.2, -0.15) is 4.31 Å². The highest BCUT2D eigenvalue weighted by Gasteiger charge is 2.36. The molecule has 0 aliphatic carbocycles. The first-order chi connectivity index (χ1) is 51.3. The van der Waals surface area contributed by atoms with Crippen LogP contribution >= 0.6 is 140 Å². The van der Waals surface area contributed by atoms with Crippen LogP contribution in [0.4, 0.5) is 71.3 Å². The Morgan fingerprint density at radius 3 is 1.38 bits per heavy atom. The van der Waals surface area contributed by atoms with Crippen LogP contribution in [0.25, 0.3) is 63.0 Å². The molecule has 1 aliphatic rings. The molecule has 1 amide bonds. The lowest BCUT2D eigenvalue weighted by atomic mass is 9.77. The first kappa shape index (κ1) is 80.0. The first-order valence-corrected chi connectivity index (χ1v) is 41.0. The van der Waals surface area contributed by atoms with E-state index in [2.05, 4.69) is 108 Å². The number of nitrogens with one attached hydrogen (secondary N) is 1. The minimum Gasteiger partial charge on any atom is -0.508 e. The van der Waals surface area contributed by atoms with Crippen LogP contribution in [-0.2, 0) is 20.2 Å². The minimum absolute atomic E-state index is 0.0130. The number of anilines is 1. The summed E-state index contributed by atoms with van der Waals surface area (Å²) in [5.41, 5.74) is 5.24. The standard InChI is InChI=1S/C19H16N6O2S2.C18H18N6O3S3.C14H6Cl3N5OS2.C13H7ClN6OS2/c1-19(2)7-12(27)22-15-10(5-6-11(26)13(15)19)23-24-17-9-8-21-18(28-4)16(20-3)14(9)25-29-17;1-5-24(6-2)30(26,27)14-9-11(7-8-13(14)25)21-22-17-12-10-20-18(28-4)16(19-3)15(12)23-29-17;1-18-11-10-5(4-19-14(11)24-2)13(25-22-10)21-20-7-3-6(15)12(23)9(17)8(7)16;1-15-10-9-6(5-16-13(10)22-2)12(23-20-9)19-18-8-4-3-7(21)11(14)17-8/h5-6,8,26H,7H2,1-2,4H3,(H,22,27);7-10,25H,5-6H2,1-2,4H3;3-4,23H,2H3;3-5,21H,2H3. The molecule has 0 spiro atoms. The maximum atomic E-state index is 12.8. The summed E-state index contributed by atoms with van der Waals surface area (Å²) in [5, 5.41) is 82.2. The summed E-state index contributed by atoms with van der Waals surface area (Å²) in [6, 6.07) is 11.4. The van der Waals surface area contributed by atoms with Crippen LogP contribution < -0.4 is 5.32 Å². The van der Waals surface area contributed by atoms with Crippen molar-refractivity contribution in [3.8, 4) is 23.0 Å². The number of rotatable bonds is 16. The van der Waals surface area contributed by atoms with E-state index in [1.807, 2.05) is 38.9 Å². The zero-order chi connectivity index (χ0) is 77.2. The quantitative estimate of drug-likeness (QED) is 0.0197. The molecule has 0 unspecified atom stereocenters. The highest BCUT2D eigenvalue weighted by molar-refractivity contribution is 7.99. The summed E-state index contributed by atoms with van der Waals surface area (Å²) in [5.74, 6) is -0.547. The largest absolute Gasteiger partial charge is 0.508 e. The highest BCUT2D eigenvalue weighted by Crippen LogP contribution is 2.50. The summed E-state index contributed by atoms with van der Waals surface area (Å²) in [6.07, 6.45) is 14.1. The zero-order valence-corrected chi connectivity index (χ0v) is 66.5. The number of hydrogen-bond acceptors (Lipinski definition) is 32. The van der Waals surface area contributed by atoms with Gasteiger partial charge in [0.2, 0.25) is 38.7 Å². The Kier molecular flexibility index (Phi) is 26.2. The molecule has 43 heteroatoms. The highest BCUT2D eigenvalue weighted by atomic mass is 35.5. The minimum atomic E-state index is -3.85. The van der Waals surface area contributed by atoms with Crippen LogP contribution in [-0.4, -0.2) is 120 Å². The molecule has 0 atom stereocenters. The Labute approximate surface area is 661 Å². The SMILES string of the molecule is [C-]#[N+]c1c(SC)ncc2c(N=Nc3cc(Cl)c(O)c(Cl)c3Cl)snc12.[C-]#[N+]c1c(SC)ncc2c(N=Nc3ccc(O)c(Cl)n3)snc12.[C-]#[N+]c1c(SC)ncc2c(N=Nc3ccc(O)c(S(=O)(=O)N(CC)CC)c3)snc12.[C-]#[N+]c1c(SC)ncc2c(N=Nc3ccc(O)c4c3NC(=O)CC4(C)C)snc12. The third-order valence-corrected chi connectivity index (χ3v) is 24.1. The van der Waals surface area contributed by atoms with Crippen molar-refractivity contribution in [3.63, 3.8) is 0 Å². The van der Waals surface area contributed by atoms with Crippen molar-refractivity contribution in [2.75, 3.05) is 43.4 Å². The molecule has 107 heavy (non-hydrogen) atoms. The van der Waals surface area contributed by atoms with Crippen LogP contribution in [0.1, 0.15) is 39.7 Å². The van der Waals surface area contributed by atoms with E-state index in [0.29, 0.717) is 123 Å². The van der Waals surface area contributed by atoms with Crippen molar-refractivity contribution >= 4 is 270 Å². The Morgan fingerprint density at radius 2 is 0.963 bits per heavy atom. The molecular weight excluding hydrogens is 1630 g/mol. The van der Waals surface area contributed by atoms with Crippen molar-refractivity contribution in [2.24, 2.45) is 40.9 Å². The molecule has 0 radical (unpaired) electrons. The van der Waals surface area contributed by atoms with Gasteiger partial charge in [0.05, 0.1) is 69.8 Å². The number of azo groups is 4. The fourth-order valence-electron chi connectivity index (χ4n) is 9.87. The molecule has 5 N–H and O–H groups in total. The Bertz CT molecular complexity index is 5950. The van der Waals surface area contributed by atoms with Gasteiger partial charge >= 0.3 is 0 Å². The molecule has 13 rings (SSSR count). The lowest BCUT2D eigenvalue weighted by Crippen LogP contribution is -2.32. The van der Waals surface area contributed by atoms with Gasteiger partial charge in [-0.3, -0.25) is 24.7 Å². The van der Waals surface area contributed by atoms with Gasteiger partial charge in [0.15, 0.2) is 42.5 Å². The third-order valence-electron chi connectivity index (χ3n) is 14.9. The summed E-state index contributed by atoms with van der Waals surface area (Å²) in [6.45, 7) is 37.2. The second-order valence-corrected chi connectivity index (χ2v) is 31.4. The number of carbonyl (C=O) groups excluding carboxylic acids is 1. The fraction of sp³-hybridized carbons (Fsp3) is 0.188. The van der Waals surface area contributed by atoms with Gasteiger partial charge in [0.25, 0.3) is 0 Å². The van der Waals surface area contributed by atoms with E-state index in [0.717, 1.165) is 46.1 Å². The van der Waals surface area contributed by atoms with Gasteiger partial charge in [-0.05, 0) is 120 Å². The number of nitrogens with zero attached hydrogens (tertiary/aromatic N) is 22. The number of sulfonamides is 1. The predicted molar refractivity (Wildman–Crippen MR) is 425 cm³/mol. The number of amides is 1. The van der Waals surface area contributed by atoms with Crippen molar-refractivity contribution in [2.45, 2.75) is 64.5 Å². The average Bonchev–Trinajstić information content (AvgIpc) is 1.71. The van der Waals surface area contributed by atoms with E-state index in [9.17, 15) is 33.6 Å². The maximum absolute atomic E-state index is 12.8. The van der Waals surface area contributed by atoms with Crippen LogP contribution in [0.15, 0.2) is 139 Å². The van der Waals surface area contributed by atoms with Crippen LogP contribution in [0.2, 0.25) is 20.2 Å². The Morgan fingerprint density at radius 1 is 0.551 bits per heavy atom. The van der Waals surface area contributed by atoms with Gasteiger partial charge in [-0.15, -0.1) is 88.0 Å². The first-order valence-electron chi connectivity index (χ1n) is 30.0. The van der Waals surface area contributed by atoms with E-state index >= 15 is 0 Å². The lowest BCUT2D eigenvalue weighted by Gasteiger charge is -2.33. The third kappa shape index (κ3) is 17.1. The second kappa shape index (κ2) is 35.0. The van der Waals surface area contributed by atoms with E-state index in [-0.39, 0.29) is 90.7 Å². The maximum Gasteiger partial charge on any atom is 0.246 e. The van der Waals surface area contributed by atoms with Gasteiger partial charge in [-0.1, -0.05) is 74.1 Å². The van der Waals surface area contributed by atoms with Crippen molar-refractivity contribution < 1.29 is 33.6 Å². The summed E-state index contributed by atoms with van der Waals surface area (Å²) in [7, 11) is -3.85. The number of aromatic nitrogens is 9. The molecule has 10 heterocycles. The van der Waals surface area contributed by atoms with E-state index in [1.165, 1.54) is 87.8 Å². The molecule has 0 saturated heterocycles. The molecule has 0 bridgehead atoms. The van der Waals surface area contributed by atoms with Gasteiger partial charge in [0.1, 0.15) is 52.9 Å². The second-order valence-electron chi connectivity index (χ2n) is 21.7. The summed E-state index contributed by atoms with van der Waals surface area (Å²) in [4.78, 5) is 47.0. The number of hydrogen-bond donors (Lipinski definition) is 5. The van der Waals surface area contributed by atoms with Crippen LogP contribution in [0.5, 0.6) is 23.0 Å². The van der Waals surface area contributed by atoms with Gasteiger partial charge < -0.3 is 25.7 Å². The number of pyridine rings is 5. The molecule has 542 valence electrons. The number of phenols is 3. The Hall–Kier alpha value is -9.53. The number of halogens is 4. The molecule has 0 saturated carbocycles. The topological polar surface area (TPSA) is 380 Å². The fourth-order valence-corrected chi connectivity index (χ4v) is 16.9. The lowest BCUT2D eigenvalue weighted by molar-refractivity contribution is -0.117.